The van der Waals surface area contributed by atoms with Gasteiger partial charge in [0.2, 0.25) is 16.0 Å². The molecule has 0 spiro atoms. The molecule has 11 nitrogen and oxygen atoms in total. The molecule has 31 heavy (non-hydrogen) atoms. The lowest BCUT2D eigenvalue weighted by atomic mass is 10.1. The average molecular weight is 453 g/mol. The summed E-state index contributed by atoms with van der Waals surface area (Å²) in [7, 11) is -1.96. The van der Waals surface area contributed by atoms with Crippen molar-refractivity contribution in [2.45, 2.75) is 13.0 Å². The molecule has 0 saturated heterocycles. The van der Waals surface area contributed by atoms with Crippen LogP contribution in [0, 0.1) is 11.8 Å². The van der Waals surface area contributed by atoms with Crippen molar-refractivity contribution in [1.29, 1.82) is 0 Å². The molecule has 164 valence electrons. The van der Waals surface area contributed by atoms with E-state index < -0.39 is 34.0 Å². The van der Waals surface area contributed by atoms with Crippen LogP contribution in [0.1, 0.15) is 18.6 Å². The highest BCUT2D eigenvalue weighted by Crippen LogP contribution is 2.26. The second kappa shape index (κ2) is 8.59. The maximum absolute atomic E-state index is 13.8. The molecule has 0 unspecified atom stereocenters. The molecule has 2 N–H and O–H groups in total. The maximum Gasteiger partial charge on any atom is 0.413 e. The summed E-state index contributed by atoms with van der Waals surface area (Å²) in [6, 6.07) is 3.77. The Bertz CT molecular complexity index is 1220. The van der Waals surface area contributed by atoms with E-state index in [0.717, 1.165) is 12.3 Å². The molecular formula is C17H17F2N7O4S. The number of nitrogens with zero attached hydrogens (tertiary/aromatic N) is 5. The number of aryl methyl sites for hydroxylation is 1. The van der Waals surface area contributed by atoms with E-state index in [0.29, 0.717) is 6.20 Å². The topological polar surface area (TPSA) is 141 Å². The van der Waals surface area contributed by atoms with Gasteiger partial charge in [-0.25, -0.2) is 27.3 Å². The van der Waals surface area contributed by atoms with Crippen LogP contribution in [-0.2, 0) is 21.8 Å². The summed E-state index contributed by atoms with van der Waals surface area (Å²) >= 11 is 0. The van der Waals surface area contributed by atoms with Gasteiger partial charge in [-0.2, -0.15) is 4.39 Å². The molecule has 3 heterocycles. The van der Waals surface area contributed by atoms with Crippen LogP contribution in [0.2, 0.25) is 0 Å². The standard InChI is InChI=1S/C17H17F2N7O4S/c1-9(11-6-14(19)21-8-12(11)18)30-17(27)22-16-15(23-25-26(16)2)13-5-4-10(7-20-13)24-31(3,28)29/h4-9,24H,1-3H3,(H,22,27)/t9-/m1/s1. The largest absolute Gasteiger partial charge is 0.441 e. The van der Waals surface area contributed by atoms with Crippen molar-refractivity contribution < 1.29 is 26.7 Å². The Morgan fingerprint density at radius 2 is 1.97 bits per heavy atom. The van der Waals surface area contributed by atoms with Gasteiger partial charge in [-0.3, -0.25) is 15.0 Å². The fourth-order valence-corrected chi connectivity index (χ4v) is 3.12. The number of hydrogen-bond acceptors (Lipinski definition) is 8. The van der Waals surface area contributed by atoms with Gasteiger partial charge in [-0.05, 0) is 19.1 Å². The predicted molar refractivity (Wildman–Crippen MR) is 105 cm³/mol. The molecule has 0 fully saturated rings. The summed E-state index contributed by atoms with van der Waals surface area (Å²) in [6.45, 7) is 1.37. The smallest absolute Gasteiger partial charge is 0.413 e. The summed E-state index contributed by atoms with van der Waals surface area (Å²) in [4.78, 5) is 19.6. The molecule has 0 bridgehead atoms. The molecule has 0 saturated carbocycles. The van der Waals surface area contributed by atoms with Crippen molar-refractivity contribution in [1.82, 2.24) is 25.0 Å². The van der Waals surface area contributed by atoms with Crippen LogP contribution < -0.4 is 10.0 Å². The molecule has 0 aliphatic carbocycles. The minimum Gasteiger partial charge on any atom is -0.441 e. The molecule has 14 heteroatoms. The highest BCUT2D eigenvalue weighted by Gasteiger charge is 2.21. The Morgan fingerprint density at radius 1 is 1.23 bits per heavy atom. The zero-order valence-corrected chi connectivity index (χ0v) is 17.3. The number of carbonyl (C=O) groups is 1. The number of anilines is 2. The van der Waals surface area contributed by atoms with Gasteiger partial charge < -0.3 is 4.74 Å². The summed E-state index contributed by atoms with van der Waals surface area (Å²) in [6.07, 6.45) is 0.896. The highest BCUT2D eigenvalue weighted by atomic mass is 32.2. The molecular weight excluding hydrogens is 436 g/mol. The van der Waals surface area contributed by atoms with E-state index in [1.54, 1.807) is 0 Å². The molecule has 3 rings (SSSR count). The van der Waals surface area contributed by atoms with E-state index in [1.165, 1.54) is 37.0 Å². The molecule has 3 aromatic rings. The van der Waals surface area contributed by atoms with E-state index in [4.69, 9.17) is 4.74 Å². The minimum absolute atomic E-state index is 0.120. The quantitative estimate of drug-likeness (QED) is 0.541. The first-order chi connectivity index (χ1) is 14.5. The lowest BCUT2D eigenvalue weighted by Crippen LogP contribution is -2.19. The van der Waals surface area contributed by atoms with Crippen molar-refractivity contribution in [2.24, 2.45) is 7.05 Å². The van der Waals surface area contributed by atoms with Gasteiger partial charge in [-0.15, -0.1) is 5.10 Å². The fraction of sp³-hybridized carbons (Fsp3) is 0.235. The lowest BCUT2D eigenvalue weighted by Gasteiger charge is -2.15. The molecule has 1 amide bonds. The number of aromatic nitrogens is 5. The van der Waals surface area contributed by atoms with Crippen molar-refractivity contribution in [3.8, 4) is 11.4 Å². The number of amides is 1. The third-order valence-corrected chi connectivity index (χ3v) is 4.54. The molecule has 0 aromatic carbocycles. The zero-order valence-electron chi connectivity index (χ0n) is 16.5. The first-order valence-electron chi connectivity index (χ1n) is 8.66. The fourth-order valence-electron chi connectivity index (χ4n) is 2.57. The molecule has 3 aromatic heterocycles. The second-order valence-electron chi connectivity index (χ2n) is 6.42. The first-order valence-corrected chi connectivity index (χ1v) is 10.5. The van der Waals surface area contributed by atoms with Crippen LogP contribution >= 0.6 is 0 Å². The average Bonchev–Trinajstić information content (AvgIpc) is 3.03. The number of carbonyl (C=O) groups excluding carboxylic acids is 1. The van der Waals surface area contributed by atoms with Gasteiger partial charge in [0, 0.05) is 18.7 Å². The number of rotatable bonds is 6. The second-order valence-corrected chi connectivity index (χ2v) is 8.17. The number of ether oxygens (including phenoxy) is 1. The van der Waals surface area contributed by atoms with Crippen LogP contribution in [0.3, 0.4) is 0 Å². The van der Waals surface area contributed by atoms with Gasteiger partial charge in [-0.1, -0.05) is 5.21 Å². The number of sulfonamides is 1. The van der Waals surface area contributed by atoms with Gasteiger partial charge in [0.15, 0.2) is 11.5 Å². The van der Waals surface area contributed by atoms with E-state index in [9.17, 15) is 22.0 Å². The molecule has 0 aliphatic heterocycles. The minimum atomic E-state index is -3.46. The summed E-state index contributed by atoms with van der Waals surface area (Å²) in [5.74, 6) is -1.61. The first kappa shape index (κ1) is 22.0. The Hall–Kier alpha value is -3.68. The van der Waals surface area contributed by atoms with Gasteiger partial charge in [0.25, 0.3) is 0 Å². The number of halogens is 2. The normalized spacial score (nSPS) is 12.3. The number of nitrogens with one attached hydrogen (secondary N) is 2. The summed E-state index contributed by atoms with van der Waals surface area (Å²) in [5, 5.41) is 10.2. The van der Waals surface area contributed by atoms with Gasteiger partial charge >= 0.3 is 6.09 Å². The monoisotopic (exact) mass is 453 g/mol. The van der Waals surface area contributed by atoms with E-state index in [2.05, 4.69) is 30.3 Å². The third kappa shape index (κ3) is 5.48. The summed E-state index contributed by atoms with van der Waals surface area (Å²) < 4.78 is 58.3. The molecule has 0 aliphatic rings. The predicted octanol–water partition coefficient (Wildman–Crippen LogP) is 2.23. The van der Waals surface area contributed by atoms with Crippen LogP contribution in [0.5, 0.6) is 0 Å². The zero-order chi connectivity index (χ0) is 22.8. The maximum atomic E-state index is 13.8. The lowest BCUT2D eigenvalue weighted by molar-refractivity contribution is 0.118. The van der Waals surface area contributed by atoms with E-state index in [-0.39, 0.29) is 28.5 Å². The highest BCUT2D eigenvalue weighted by molar-refractivity contribution is 7.92. The summed E-state index contributed by atoms with van der Waals surface area (Å²) in [5.41, 5.74) is 0.531. The SMILES string of the molecule is C[C@@H](OC(=O)Nc1c(-c2ccc(NS(C)(=O)=O)cn2)nnn1C)c1cc(F)ncc1F. The van der Waals surface area contributed by atoms with Crippen LogP contribution in [0.4, 0.5) is 25.1 Å². The van der Waals surface area contributed by atoms with Crippen LogP contribution in [0.15, 0.2) is 30.6 Å². The Balaban J connectivity index is 1.76. The number of hydrogen-bond donors (Lipinski definition) is 2. The van der Waals surface area contributed by atoms with Crippen molar-refractivity contribution in [3.63, 3.8) is 0 Å². The van der Waals surface area contributed by atoms with Gasteiger partial charge in [0.1, 0.15) is 11.9 Å². The third-order valence-electron chi connectivity index (χ3n) is 3.93. The molecule has 1 atom stereocenters. The van der Waals surface area contributed by atoms with E-state index >= 15 is 0 Å². The van der Waals surface area contributed by atoms with Crippen molar-refractivity contribution in [3.05, 3.63) is 47.9 Å². The van der Waals surface area contributed by atoms with Crippen molar-refractivity contribution in [2.75, 3.05) is 16.3 Å². The Morgan fingerprint density at radius 3 is 2.61 bits per heavy atom. The molecule has 0 radical (unpaired) electrons. The Labute approximate surface area is 175 Å². The Kier molecular flexibility index (Phi) is 6.10. The van der Waals surface area contributed by atoms with Crippen LogP contribution in [0.25, 0.3) is 11.4 Å². The van der Waals surface area contributed by atoms with Gasteiger partial charge in [0.05, 0.1) is 30.0 Å². The number of pyridine rings is 2. The van der Waals surface area contributed by atoms with E-state index in [1.807, 2.05) is 0 Å². The van der Waals surface area contributed by atoms with Crippen LogP contribution in [-0.4, -0.2) is 45.7 Å². The van der Waals surface area contributed by atoms with Crippen molar-refractivity contribution >= 4 is 27.6 Å².